The Morgan fingerprint density at radius 2 is 1.61 bits per heavy atom. The molecule has 0 saturated carbocycles. The van der Waals surface area contributed by atoms with E-state index in [-0.39, 0.29) is 17.2 Å². The zero-order valence-electron chi connectivity index (χ0n) is 20.5. The molecule has 0 saturated heterocycles. The van der Waals surface area contributed by atoms with Crippen molar-refractivity contribution in [3.63, 3.8) is 0 Å². The SMILES string of the molecule is Cc1ccc(SCc2nnc(SCC(=O)Nc3c(C#N)cnn3-c3ccccc3)n2-c2ccccc2)cc1. The fourth-order valence-corrected chi connectivity index (χ4v) is 5.30. The summed E-state index contributed by atoms with van der Waals surface area (Å²) in [5, 5.41) is 26.1. The molecule has 0 fully saturated rings. The van der Waals surface area contributed by atoms with E-state index >= 15 is 0 Å². The molecule has 0 bridgehead atoms. The van der Waals surface area contributed by atoms with Gasteiger partial charge < -0.3 is 5.32 Å². The van der Waals surface area contributed by atoms with Gasteiger partial charge in [-0.1, -0.05) is 65.9 Å². The van der Waals surface area contributed by atoms with Gasteiger partial charge in [-0.15, -0.1) is 22.0 Å². The molecule has 0 aliphatic carbocycles. The van der Waals surface area contributed by atoms with Gasteiger partial charge in [-0.25, -0.2) is 4.68 Å². The maximum Gasteiger partial charge on any atom is 0.236 e. The predicted octanol–water partition coefficient (Wildman–Crippen LogP) is 5.66. The Kier molecular flexibility index (Phi) is 7.87. The average molecular weight is 538 g/mol. The highest BCUT2D eigenvalue weighted by Crippen LogP contribution is 2.28. The molecule has 188 valence electrons. The smallest absolute Gasteiger partial charge is 0.236 e. The molecule has 0 atom stereocenters. The van der Waals surface area contributed by atoms with Gasteiger partial charge in [0.25, 0.3) is 0 Å². The lowest BCUT2D eigenvalue weighted by molar-refractivity contribution is -0.113. The summed E-state index contributed by atoms with van der Waals surface area (Å²) in [6, 6.07) is 29.7. The normalized spacial score (nSPS) is 10.7. The second-order valence-electron chi connectivity index (χ2n) is 8.27. The predicted molar refractivity (Wildman–Crippen MR) is 150 cm³/mol. The first-order valence-electron chi connectivity index (χ1n) is 11.8. The average Bonchev–Trinajstić information content (AvgIpc) is 3.56. The van der Waals surface area contributed by atoms with Gasteiger partial charge in [0.2, 0.25) is 5.91 Å². The molecule has 0 spiro atoms. The van der Waals surface area contributed by atoms with E-state index in [0.29, 0.717) is 16.7 Å². The van der Waals surface area contributed by atoms with Crippen LogP contribution in [-0.4, -0.2) is 36.2 Å². The third-order valence-corrected chi connectivity index (χ3v) is 7.52. The van der Waals surface area contributed by atoms with Crippen molar-refractivity contribution >= 4 is 35.2 Å². The molecule has 0 radical (unpaired) electrons. The lowest BCUT2D eigenvalue weighted by atomic mass is 10.2. The number of rotatable bonds is 9. The van der Waals surface area contributed by atoms with Gasteiger partial charge in [0.1, 0.15) is 17.5 Å². The fraction of sp³-hybridized carbons (Fsp3) is 0.107. The summed E-state index contributed by atoms with van der Waals surface area (Å²) in [5.41, 5.74) is 3.17. The largest absolute Gasteiger partial charge is 0.309 e. The maximum absolute atomic E-state index is 13.0. The van der Waals surface area contributed by atoms with E-state index in [1.54, 1.807) is 16.4 Å². The zero-order valence-corrected chi connectivity index (χ0v) is 22.1. The van der Waals surface area contributed by atoms with E-state index in [1.165, 1.54) is 23.5 Å². The fourth-order valence-electron chi connectivity index (χ4n) is 3.72. The zero-order chi connectivity index (χ0) is 26.3. The van der Waals surface area contributed by atoms with Gasteiger partial charge in [-0.3, -0.25) is 9.36 Å². The molecule has 0 aliphatic heterocycles. The Hall–Kier alpha value is -4.33. The van der Waals surface area contributed by atoms with E-state index in [2.05, 4.69) is 57.9 Å². The number of carbonyl (C=O) groups is 1. The van der Waals surface area contributed by atoms with Gasteiger partial charge in [0.15, 0.2) is 11.0 Å². The number of nitriles is 1. The van der Waals surface area contributed by atoms with Gasteiger partial charge >= 0.3 is 0 Å². The summed E-state index contributed by atoms with van der Waals surface area (Å²) < 4.78 is 3.53. The van der Waals surface area contributed by atoms with Gasteiger partial charge in [-0.2, -0.15) is 10.4 Å². The summed E-state index contributed by atoms with van der Waals surface area (Å²) in [6.07, 6.45) is 1.44. The second-order valence-corrected chi connectivity index (χ2v) is 10.3. The molecule has 0 unspecified atom stereocenters. The van der Waals surface area contributed by atoms with E-state index in [4.69, 9.17) is 0 Å². The number of hydrogen-bond acceptors (Lipinski definition) is 7. The number of carbonyl (C=O) groups excluding carboxylic acids is 1. The van der Waals surface area contributed by atoms with Crippen molar-refractivity contribution in [3.8, 4) is 17.4 Å². The minimum absolute atomic E-state index is 0.0842. The van der Waals surface area contributed by atoms with Crippen LogP contribution in [0.15, 0.2) is 101 Å². The molecule has 5 aromatic rings. The van der Waals surface area contributed by atoms with Crippen LogP contribution in [0.2, 0.25) is 0 Å². The summed E-state index contributed by atoms with van der Waals surface area (Å²) in [7, 11) is 0. The lowest BCUT2D eigenvalue weighted by Gasteiger charge is -2.11. The molecule has 0 aliphatic rings. The number of aromatic nitrogens is 5. The maximum atomic E-state index is 13.0. The van der Waals surface area contributed by atoms with Crippen LogP contribution >= 0.6 is 23.5 Å². The van der Waals surface area contributed by atoms with E-state index in [9.17, 15) is 10.1 Å². The van der Waals surface area contributed by atoms with Gasteiger partial charge in [-0.05, 0) is 43.3 Å². The van der Waals surface area contributed by atoms with Crippen molar-refractivity contribution in [1.29, 1.82) is 5.26 Å². The summed E-state index contributed by atoms with van der Waals surface area (Å²) in [4.78, 5) is 14.1. The number of para-hydroxylation sites is 2. The van der Waals surface area contributed by atoms with Crippen LogP contribution in [0.5, 0.6) is 0 Å². The first kappa shape index (κ1) is 25.3. The van der Waals surface area contributed by atoms with Crippen LogP contribution in [0.3, 0.4) is 0 Å². The third-order valence-electron chi connectivity index (χ3n) is 5.58. The number of hydrogen-bond donors (Lipinski definition) is 1. The van der Waals surface area contributed by atoms with Gasteiger partial charge in [0.05, 0.1) is 23.4 Å². The summed E-state index contributed by atoms with van der Waals surface area (Å²) in [5.74, 6) is 1.56. The number of benzene rings is 3. The molecule has 1 amide bonds. The molecule has 10 heteroatoms. The van der Waals surface area contributed by atoms with E-state index in [1.807, 2.05) is 65.2 Å². The Labute approximate surface area is 228 Å². The molecule has 1 N–H and O–H groups in total. The second kappa shape index (κ2) is 11.8. The standard InChI is InChI=1S/C28H23N7OS2/c1-20-12-14-24(15-13-20)37-18-25-32-33-28(34(25)22-8-4-2-5-9-22)38-19-26(36)31-27-21(16-29)17-30-35(27)23-10-6-3-7-11-23/h2-15,17H,18-19H2,1H3,(H,31,36). The molecule has 8 nitrogen and oxygen atoms in total. The van der Waals surface area contributed by atoms with Crippen LogP contribution in [0.4, 0.5) is 5.82 Å². The van der Waals surface area contributed by atoms with Crippen LogP contribution in [0.25, 0.3) is 11.4 Å². The van der Waals surface area contributed by atoms with Crippen molar-refractivity contribution in [3.05, 3.63) is 108 Å². The summed E-state index contributed by atoms with van der Waals surface area (Å²) in [6.45, 7) is 2.07. The quantitative estimate of drug-likeness (QED) is 0.242. The number of anilines is 1. The molecule has 2 aromatic heterocycles. The lowest BCUT2D eigenvalue weighted by Crippen LogP contribution is -2.18. The molecule has 3 aromatic carbocycles. The van der Waals surface area contributed by atoms with Crippen molar-refractivity contribution in [2.75, 3.05) is 11.1 Å². The van der Waals surface area contributed by atoms with Gasteiger partial charge in [0, 0.05) is 10.6 Å². The van der Waals surface area contributed by atoms with Crippen molar-refractivity contribution in [1.82, 2.24) is 24.5 Å². The van der Waals surface area contributed by atoms with Crippen LogP contribution < -0.4 is 5.32 Å². The van der Waals surface area contributed by atoms with Crippen LogP contribution in [-0.2, 0) is 10.5 Å². The number of nitrogens with zero attached hydrogens (tertiary/aromatic N) is 6. The highest BCUT2D eigenvalue weighted by Gasteiger charge is 2.19. The number of aryl methyl sites for hydroxylation is 1. The Morgan fingerprint density at radius 1 is 0.921 bits per heavy atom. The molecular weight excluding hydrogens is 514 g/mol. The van der Waals surface area contributed by atoms with Crippen LogP contribution in [0, 0.1) is 18.3 Å². The van der Waals surface area contributed by atoms with E-state index in [0.717, 1.165) is 22.1 Å². The first-order chi connectivity index (χ1) is 18.6. The molecule has 2 heterocycles. The number of thioether (sulfide) groups is 2. The van der Waals surface area contributed by atoms with Crippen molar-refractivity contribution < 1.29 is 4.79 Å². The van der Waals surface area contributed by atoms with Crippen molar-refractivity contribution in [2.45, 2.75) is 22.7 Å². The highest BCUT2D eigenvalue weighted by atomic mass is 32.2. The highest BCUT2D eigenvalue weighted by molar-refractivity contribution is 7.99. The monoisotopic (exact) mass is 537 g/mol. The molecule has 5 rings (SSSR count). The topological polar surface area (TPSA) is 101 Å². The summed E-state index contributed by atoms with van der Waals surface area (Å²) >= 11 is 2.97. The minimum Gasteiger partial charge on any atom is -0.309 e. The Bertz CT molecular complexity index is 1570. The van der Waals surface area contributed by atoms with Crippen LogP contribution in [0.1, 0.15) is 17.0 Å². The van der Waals surface area contributed by atoms with Crippen molar-refractivity contribution in [2.24, 2.45) is 0 Å². The number of nitrogens with one attached hydrogen (secondary N) is 1. The first-order valence-corrected chi connectivity index (χ1v) is 13.7. The Balaban J connectivity index is 1.33. The molecular formula is C28H23N7OS2. The Morgan fingerprint density at radius 3 is 2.29 bits per heavy atom. The number of amides is 1. The third kappa shape index (κ3) is 5.80. The minimum atomic E-state index is -0.276. The van der Waals surface area contributed by atoms with E-state index < -0.39 is 0 Å². The molecule has 38 heavy (non-hydrogen) atoms.